The zero-order valence-corrected chi connectivity index (χ0v) is 7.21. The van der Waals surface area contributed by atoms with E-state index in [-0.39, 0.29) is 17.9 Å². The molecular formula is C9H9F2NO2. The Hall–Kier alpha value is -1.20. The summed E-state index contributed by atoms with van der Waals surface area (Å²) in [6.07, 6.45) is -1.08. The summed E-state index contributed by atoms with van der Waals surface area (Å²) in [5, 5.41) is 9.54. The zero-order chi connectivity index (χ0) is 10.3. The van der Waals surface area contributed by atoms with Crippen LogP contribution >= 0.6 is 0 Å². The molecule has 0 fully saturated rings. The third-order valence-corrected chi connectivity index (χ3v) is 2.18. The summed E-state index contributed by atoms with van der Waals surface area (Å²) in [6.45, 7) is 0.0245. The van der Waals surface area contributed by atoms with Crippen molar-refractivity contribution in [1.29, 1.82) is 0 Å². The second-order valence-corrected chi connectivity index (χ2v) is 3.23. The predicted molar refractivity (Wildman–Crippen MR) is 44.8 cm³/mol. The number of ether oxygens (including phenoxy) is 1. The average Bonchev–Trinajstić information content (AvgIpc) is 2.12. The van der Waals surface area contributed by atoms with E-state index in [9.17, 15) is 13.9 Å². The summed E-state index contributed by atoms with van der Waals surface area (Å²) in [6, 6.07) is 1.09. The Morgan fingerprint density at radius 3 is 2.86 bits per heavy atom. The van der Waals surface area contributed by atoms with Gasteiger partial charge in [-0.2, -0.15) is 0 Å². The SMILES string of the molecule is N[C@H]1COc2c(F)cc(F)cc2C1O. The van der Waals surface area contributed by atoms with Gasteiger partial charge in [-0.1, -0.05) is 0 Å². The third kappa shape index (κ3) is 1.34. The Morgan fingerprint density at radius 1 is 1.43 bits per heavy atom. The normalized spacial score (nSPS) is 25.4. The highest BCUT2D eigenvalue weighted by atomic mass is 19.1. The Kier molecular flexibility index (Phi) is 2.13. The smallest absolute Gasteiger partial charge is 0.168 e. The van der Waals surface area contributed by atoms with Crippen LogP contribution in [0, 0.1) is 11.6 Å². The van der Waals surface area contributed by atoms with E-state index < -0.39 is 23.8 Å². The first-order valence-corrected chi connectivity index (χ1v) is 4.15. The van der Waals surface area contributed by atoms with Crippen LogP contribution in [0.25, 0.3) is 0 Å². The van der Waals surface area contributed by atoms with Gasteiger partial charge in [0.05, 0.1) is 6.04 Å². The fraction of sp³-hybridized carbons (Fsp3) is 0.333. The molecule has 0 amide bonds. The Morgan fingerprint density at radius 2 is 2.14 bits per heavy atom. The van der Waals surface area contributed by atoms with Crippen molar-refractivity contribution in [3.63, 3.8) is 0 Å². The number of hydrogen-bond acceptors (Lipinski definition) is 3. The molecule has 14 heavy (non-hydrogen) atoms. The van der Waals surface area contributed by atoms with Crippen molar-refractivity contribution in [2.45, 2.75) is 12.1 Å². The van der Waals surface area contributed by atoms with Gasteiger partial charge in [0.2, 0.25) is 0 Å². The largest absolute Gasteiger partial charge is 0.488 e. The van der Waals surface area contributed by atoms with Crippen LogP contribution in [-0.4, -0.2) is 17.8 Å². The first-order valence-electron chi connectivity index (χ1n) is 4.15. The molecule has 2 atom stereocenters. The molecule has 0 spiro atoms. The lowest BCUT2D eigenvalue weighted by molar-refractivity contribution is 0.0880. The van der Waals surface area contributed by atoms with Crippen LogP contribution in [0.3, 0.4) is 0 Å². The van der Waals surface area contributed by atoms with E-state index in [1.54, 1.807) is 0 Å². The fourth-order valence-electron chi connectivity index (χ4n) is 1.45. The van der Waals surface area contributed by atoms with Gasteiger partial charge in [0.1, 0.15) is 18.5 Å². The number of fused-ring (bicyclic) bond motifs is 1. The Bertz CT molecular complexity index is 370. The van der Waals surface area contributed by atoms with E-state index in [0.29, 0.717) is 6.07 Å². The molecule has 0 bridgehead atoms. The van der Waals surface area contributed by atoms with Crippen molar-refractivity contribution in [2.24, 2.45) is 5.73 Å². The maximum atomic E-state index is 13.1. The van der Waals surface area contributed by atoms with Gasteiger partial charge in [0.25, 0.3) is 0 Å². The molecule has 1 heterocycles. The number of nitrogens with two attached hydrogens (primary N) is 1. The fourth-order valence-corrected chi connectivity index (χ4v) is 1.45. The van der Waals surface area contributed by atoms with Crippen LogP contribution in [0.15, 0.2) is 12.1 Å². The van der Waals surface area contributed by atoms with Crippen LogP contribution < -0.4 is 10.5 Å². The van der Waals surface area contributed by atoms with Crippen LogP contribution in [0.4, 0.5) is 8.78 Å². The van der Waals surface area contributed by atoms with Gasteiger partial charge in [-0.15, -0.1) is 0 Å². The number of halogens is 2. The number of benzene rings is 1. The molecule has 76 valence electrons. The third-order valence-electron chi connectivity index (χ3n) is 2.18. The van der Waals surface area contributed by atoms with Crippen molar-refractivity contribution >= 4 is 0 Å². The number of aliphatic hydroxyl groups excluding tert-OH is 1. The van der Waals surface area contributed by atoms with Gasteiger partial charge in [0.15, 0.2) is 11.6 Å². The lowest BCUT2D eigenvalue weighted by atomic mass is 9.99. The Balaban J connectivity index is 2.54. The minimum Gasteiger partial charge on any atom is -0.488 e. The molecule has 1 aliphatic heterocycles. The minimum atomic E-state index is -1.08. The van der Waals surface area contributed by atoms with Crippen molar-refractivity contribution < 1.29 is 18.6 Å². The molecule has 0 aromatic heterocycles. The van der Waals surface area contributed by atoms with Gasteiger partial charge < -0.3 is 15.6 Å². The molecule has 0 aliphatic carbocycles. The predicted octanol–water partition coefficient (Wildman–Crippen LogP) is 0.718. The first kappa shape index (κ1) is 9.36. The molecule has 0 saturated carbocycles. The monoisotopic (exact) mass is 201 g/mol. The highest BCUT2D eigenvalue weighted by Crippen LogP contribution is 2.34. The highest BCUT2D eigenvalue weighted by Gasteiger charge is 2.29. The summed E-state index contributed by atoms with van der Waals surface area (Å²) in [4.78, 5) is 0. The quantitative estimate of drug-likeness (QED) is 0.650. The van der Waals surface area contributed by atoms with E-state index in [1.807, 2.05) is 0 Å². The zero-order valence-electron chi connectivity index (χ0n) is 7.21. The van der Waals surface area contributed by atoms with Gasteiger partial charge in [-0.25, -0.2) is 8.78 Å². The van der Waals surface area contributed by atoms with Crippen LogP contribution in [0.2, 0.25) is 0 Å². The van der Waals surface area contributed by atoms with E-state index in [1.165, 1.54) is 0 Å². The maximum absolute atomic E-state index is 13.1. The Labute approximate surface area is 79.1 Å². The number of rotatable bonds is 0. The molecule has 1 aliphatic rings. The number of hydrogen-bond donors (Lipinski definition) is 2. The molecule has 1 aromatic carbocycles. The topological polar surface area (TPSA) is 55.5 Å². The number of aliphatic hydroxyl groups is 1. The lowest BCUT2D eigenvalue weighted by Crippen LogP contribution is -2.38. The van der Waals surface area contributed by atoms with Crippen LogP contribution in [-0.2, 0) is 0 Å². The van der Waals surface area contributed by atoms with E-state index in [0.717, 1.165) is 6.07 Å². The summed E-state index contributed by atoms with van der Waals surface area (Å²) >= 11 is 0. The van der Waals surface area contributed by atoms with Crippen molar-refractivity contribution in [1.82, 2.24) is 0 Å². The van der Waals surface area contributed by atoms with E-state index in [4.69, 9.17) is 10.5 Å². The van der Waals surface area contributed by atoms with Crippen molar-refractivity contribution in [2.75, 3.05) is 6.61 Å². The molecule has 5 heteroatoms. The second kappa shape index (κ2) is 3.18. The molecule has 3 N–H and O–H groups in total. The van der Waals surface area contributed by atoms with Gasteiger partial charge in [-0.3, -0.25) is 0 Å². The van der Waals surface area contributed by atoms with E-state index >= 15 is 0 Å². The van der Waals surface area contributed by atoms with Gasteiger partial charge >= 0.3 is 0 Å². The molecule has 1 aromatic rings. The average molecular weight is 201 g/mol. The maximum Gasteiger partial charge on any atom is 0.168 e. The standard InChI is InChI=1S/C9H9F2NO2/c10-4-1-5-8(13)7(12)3-14-9(5)6(11)2-4/h1-2,7-8,13H,3,12H2/t7-,8?/m0/s1. The van der Waals surface area contributed by atoms with Crippen molar-refractivity contribution in [3.8, 4) is 5.75 Å². The molecule has 1 unspecified atom stereocenters. The van der Waals surface area contributed by atoms with Crippen LogP contribution in [0.1, 0.15) is 11.7 Å². The highest BCUT2D eigenvalue weighted by molar-refractivity contribution is 5.39. The second-order valence-electron chi connectivity index (χ2n) is 3.23. The molecule has 0 saturated heterocycles. The van der Waals surface area contributed by atoms with Gasteiger partial charge in [0, 0.05) is 11.6 Å². The summed E-state index contributed by atoms with van der Waals surface area (Å²) < 4.78 is 30.9. The molecule has 0 radical (unpaired) electrons. The summed E-state index contributed by atoms with van der Waals surface area (Å²) in [5.41, 5.74) is 5.54. The summed E-state index contributed by atoms with van der Waals surface area (Å²) in [7, 11) is 0. The van der Waals surface area contributed by atoms with Crippen LogP contribution in [0.5, 0.6) is 5.75 Å². The van der Waals surface area contributed by atoms with Crippen molar-refractivity contribution in [3.05, 3.63) is 29.3 Å². The van der Waals surface area contributed by atoms with E-state index in [2.05, 4.69) is 0 Å². The molecule has 3 nitrogen and oxygen atoms in total. The first-order chi connectivity index (χ1) is 6.59. The molecule has 2 rings (SSSR count). The minimum absolute atomic E-state index is 0.0245. The summed E-state index contributed by atoms with van der Waals surface area (Å²) in [5.74, 6) is -1.68. The molecular weight excluding hydrogens is 192 g/mol. The van der Waals surface area contributed by atoms with Gasteiger partial charge in [-0.05, 0) is 6.07 Å². The lowest BCUT2D eigenvalue weighted by Gasteiger charge is -2.27.